The summed E-state index contributed by atoms with van der Waals surface area (Å²) in [7, 11) is 1.63. The molecule has 2 aromatic carbocycles. The first-order valence-corrected chi connectivity index (χ1v) is 11.1. The summed E-state index contributed by atoms with van der Waals surface area (Å²) in [5.74, 6) is 1.88. The number of hydrogen-bond donors (Lipinski definition) is 2. The van der Waals surface area contributed by atoms with Gasteiger partial charge in [0.15, 0.2) is 11.5 Å². The number of nitrogens with zero attached hydrogens (tertiary/aromatic N) is 1. The van der Waals surface area contributed by atoms with Crippen LogP contribution >= 0.6 is 0 Å². The number of benzene rings is 2. The molecule has 0 spiro atoms. The molecule has 0 saturated heterocycles. The number of amides is 1. The number of rotatable bonds is 9. The summed E-state index contributed by atoms with van der Waals surface area (Å²) in [6.45, 7) is 6.60. The lowest BCUT2D eigenvalue weighted by molar-refractivity contribution is -0.120. The molecule has 0 aliphatic carbocycles. The minimum atomic E-state index is -0.0839. The van der Waals surface area contributed by atoms with Gasteiger partial charge in [0.25, 0.3) is 0 Å². The standard InChI is InChI=1S/C26H29N3O4/c1-5-32-24-11-10-18(12-25(24)31-4)21(22-15-27-23-9-7-6-8-19(22)23)14-28-26(30)13-20-16(2)29-33-17(20)3/h6-12,15,21,27H,5,13-14H2,1-4H3,(H,28,30). The minimum absolute atomic E-state index is 0.0767. The number of methoxy groups -OCH3 is 1. The van der Waals surface area contributed by atoms with Gasteiger partial charge in [0.2, 0.25) is 5.91 Å². The van der Waals surface area contributed by atoms with Gasteiger partial charge in [-0.25, -0.2) is 0 Å². The predicted molar refractivity (Wildman–Crippen MR) is 127 cm³/mol. The van der Waals surface area contributed by atoms with Crippen molar-refractivity contribution in [1.29, 1.82) is 0 Å². The zero-order valence-corrected chi connectivity index (χ0v) is 19.4. The molecule has 1 atom stereocenters. The molecule has 0 bridgehead atoms. The van der Waals surface area contributed by atoms with Crippen LogP contribution in [-0.4, -0.2) is 36.3 Å². The molecule has 0 saturated carbocycles. The van der Waals surface area contributed by atoms with Crippen molar-refractivity contribution in [3.05, 3.63) is 76.8 Å². The first kappa shape index (κ1) is 22.5. The molecular weight excluding hydrogens is 418 g/mol. The Morgan fingerprint density at radius 3 is 2.73 bits per heavy atom. The van der Waals surface area contributed by atoms with Crippen LogP contribution < -0.4 is 14.8 Å². The Kier molecular flexibility index (Phi) is 6.68. The molecule has 172 valence electrons. The molecule has 0 aliphatic heterocycles. The Balaban J connectivity index is 1.64. The van der Waals surface area contributed by atoms with Gasteiger partial charge < -0.3 is 24.3 Å². The van der Waals surface area contributed by atoms with Gasteiger partial charge in [-0.2, -0.15) is 0 Å². The number of aryl methyl sites for hydroxylation is 2. The fourth-order valence-corrected chi connectivity index (χ4v) is 4.16. The molecular formula is C26H29N3O4. The molecule has 0 fully saturated rings. The lowest BCUT2D eigenvalue weighted by Crippen LogP contribution is -2.30. The number of nitrogens with one attached hydrogen (secondary N) is 2. The van der Waals surface area contributed by atoms with Gasteiger partial charge >= 0.3 is 0 Å². The second-order valence-electron chi connectivity index (χ2n) is 7.97. The van der Waals surface area contributed by atoms with E-state index in [1.165, 1.54) is 0 Å². The monoisotopic (exact) mass is 447 g/mol. The topological polar surface area (TPSA) is 89.4 Å². The molecule has 2 heterocycles. The van der Waals surface area contributed by atoms with Gasteiger partial charge in [-0.1, -0.05) is 29.4 Å². The van der Waals surface area contributed by atoms with Crippen LogP contribution in [0.25, 0.3) is 10.9 Å². The number of fused-ring (bicyclic) bond motifs is 1. The molecule has 0 radical (unpaired) electrons. The van der Waals surface area contributed by atoms with Gasteiger partial charge in [0.1, 0.15) is 5.76 Å². The first-order valence-electron chi connectivity index (χ1n) is 11.1. The number of aromatic amines is 1. The van der Waals surface area contributed by atoms with E-state index in [2.05, 4.69) is 21.5 Å². The third kappa shape index (κ3) is 4.72. The van der Waals surface area contributed by atoms with Crippen LogP contribution in [0.2, 0.25) is 0 Å². The highest BCUT2D eigenvalue weighted by Gasteiger charge is 2.22. The Hall–Kier alpha value is -3.74. The summed E-state index contributed by atoms with van der Waals surface area (Å²) < 4.78 is 16.5. The zero-order valence-electron chi connectivity index (χ0n) is 19.4. The molecule has 1 amide bonds. The molecule has 7 heteroatoms. The van der Waals surface area contributed by atoms with E-state index in [-0.39, 0.29) is 18.2 Å². The van der Waals surface area contributed by atoms with Crippen LogP contribution in [0.5, 0.6) is 11.5 Å². The Labute approximate surface area is 193 Å². The molecule has 2 N–H and O–H groups in total. The fourth-order valence-electron chi connectivity index (χ4n) is 4.16. The van der Waals surface area contributed by atoms with E-state index in [9.17, 15) is 4.79 Å². The second-order valence-corrected chi connectivity index (χ2v) is 7.97. The number of H-pyrrole nitrogens is 1. The van der Waals surface area contributed by atoms with Gasteiger partial charge in [0.05, 0.1) is 25.8 Å². The maximum atomic E-state index is 12.8. The van der Waals surface area contributed by atoms with Gasteiger partial charge in [-0.15, -0.1) is 0 Å². The van der Waals surface area contributed by atoms with Crippen molar-refractivity contribution in [2.75, 3.05) is 20.3 Å². The van der Waals surface area contributed by atoms with E-state index in [1.807, 2.05) is 63.4 Å². The van der Waals surface area contributed by atoms with Crippen molar-refractivity contribution >= 4 is 16.8 Å². The first-order chi connectivity index (χ1) is 16.0. The third-order valence-corrected chi connectivity index (χ3v) is 5.91. The van der Waals surface area contributed by atoms with Gasteiger partial charge in [0, 0.05) is 35.1 Å². The normalized spacial score (nSPS) is 12.0. The predicted octanol–water partition coefficient (Wildman–Crippen LogP) is 4.67. The molecule has 4 rings (SSSR count). The summed E-state index contributed by atoms with van der Waals surface area (Å²) in [5, 5.41) is 8.17. The number of para-hydroxylation sites is 1. The van der Waals surface area contributed by atoms with E-state index in [0.717, 1.165) is 33.3 Å². The van der Waals surface area contributed by atoms with Crippen LogP contribution in [0.3, 0.4) is 0 Å². The molecule has 0 aliphatic rings. The zero-order chi connectivity index (χ0) is 23.4. The molecule has 33 heavy (non-hydrogen) atoms. The highest BCUT2D eigenvalue weighted by atomic mass is 16.5. The summed E-state index contributed by atoms with van der Waals surface area (Å²) in [6, 6.07) is 14.1. The maximum absolute atomic E-state index is 12.8. The number of aromatic nitrogens is 2. The SMILES string of the molecule is CCOc1ccc(C(CNC(=O)Cc2c(C)noc2C)c2c[nH]c3ccccc23)cc1OC. The Morgan fingerprint density at radius 1 is 1.18 bits per heavy atom. The quantitative estimate of drug-likeness (QED) is 0.389. The van der Waals surface area contributed by atoms with Crippen molar-refractivity contribution in [1.82, 2.24) is 15.5 Å². The van der Waals surface area contributed by atoms with E-state index in [1.54, 1.807) is 7.11 Å². The number of ether oxygens (including phenoxy) is 2. The van der Waals surface area contributed by atoms with E-state index in [0.29, 0.717) is 30.4 Å². The van der Waals surface area contributed by atoms with Gasteiger partial charge in [-0.05, 0) is 50.1 Å². The van der Waals surface area contributed by atoms with Crippen LogP contribution in [-0.2, 0) is 11.2 Å². The largest absolute Gasteiger partial charge is 0.493 e. The number of hydrogen-bond acceptors (Lipinski definition) is 5. The van der Waals surface area contributed by atoms with Crippen LogP contribution in [0.15, 0.2) is 53.2 Å². The summed E-state index contributed by atoms with van der Waals surface area (Å²) in [6.07, 6.45) is 2.24. The number of carbonyl (C=O) groups is 1. The summed E-state index contributed by atoms with van der Waals surface area (Å²) in [5.41, 5.74) is 4.76. The Bertz CT molecular complexity index is 1240. The minimum Gasteiger partial charge on any atom is -0.493 e. The van der Waals surface area contributed by atoms with E-state index in [4.69, 9.17) is 14.0 Å². The molecule has 1 unspecified atom stereocenters. The average Bonchev–Trinajstić information content (AvgIpc) is 3.39. The Morgan fingerprint density at radius 2 is 2.00 bits per heavy atom. The van der Waals surface area contributed by atoms with Crippen molar-refractivity contribution in [2.24, 2.45) is 0 Å². The van der Waals surface area contributed by atoms with Crippen molar-refractivity contribution < 1.29 is 18.8 Å². The highest BCUT2D eigenvalue weighted by molar-refractivity contribution is 5.84. The van der Waals surface area contributed by atoms with E-state index >= 15 is 0 Å². The molecule has 4 aromatic rings. The molecule has 7 nitrogen and oxygen atoms in total. The smallest absolute Gasteiger partial charge is 0.224 e. The second kappa shape index (κ2) is 9.81. The van der Waals surface area contributed by atoms with Crippen molar-refractivity contribution in [3.8, 4) is 11.5 Å². The lowest BCUT2D eigenvalue weighted by Gasteiger charge is -2.20. The lowest BCUT2D eigenvalue weighted by atomic mass is 9.90. The van der Waals surface area contributed by atoms with Crippen molar-refractivity contribution in [3.63, 3.8) is 0 Å². The number of carbonyl (C=O) groups excluding carboxylic acids is 1. The maximum Gasteiger partial charge on any atom is 0.224 e. The summed E-state index contributed by atoms with van der Waals surface area (Å²) in [4.78, 5) is 16.2. The van der Waals surface area contributed by atoms with E-state index < -0.39 is 0 Å². The van der Waals surface area contributed by atoms with Crippen LogP contribution in [0.4, 0.5) is 0 Å². The highest BCUT2D eigenvalue weighted by Crippen LogP contribution is 2.35. The van der Waals surface area contributed by atoms with Crippen LogP contribution in [0.1, 0.15) is 41.0 Å². The summed E-state index contributed by atoms with van der Waals surface area (Å²) >= 11 is 0. The van der Waals surface area contributed by atoms with Crippen molar-refractivity contribution in [2.45, 2.75) is 33.1 Å². The molecule has 2 aromatic heterocycles. The average molecular weight is 448 g/mol. The van der Waals surface area contributed by atoms with Crippen LogP contribution in [0, 0.1) is 13.8 Å². The third-order valence-electron chi connectivity index (χ3n) is 5.91. The van der Waals surface area contributed by atoms with Gasteiger partial charge in [-0.3, -0.25) is 4.79 Å². The fraction of sp³-hybridized carbons (Fsp3) is 0.308.